The molecule has 2 aromatic rings. The molecular formula is C25H37FN6OS. The zero-order valence-electron chi connectivity index (χ0n) is 20.2. The quantitative estimate of drug-likeness (QED) is 0.232. The van der Waals surface area contributed by atoms with Gasteiger partial charge in [-0.25, -0.2) is 14.4 Å². The Morgan fingerprint density at radius 2 is 2.15 bits per heavy atom. The Kier molecular flexibility index (Phi) is 10.4. The number of anilines is 3. The molecule has 3 rings (SSSR count). The molecule has 1 aliphatic rings. The number of nitrogens with one attached hydrogen (secondary N) is 3. The largest absolute Gasteiger partial charge is 0.391 e. The lowest BCUT2D eigenvalue weighted by molar-refractivity contribution is 0.285. The minimum Gasteiger partial charge on any atom is -0.391 e. The molecule has 3 atom stereocenters. The van der Waals surface area contributed by atoms with Gasteiger partial charge in [-0.15, -0.1) is 0 Å². The number of thiazole rings is 1. The maximum Gasteiger partial charge on any atom is 0.188 e. The highest BCUT2D eigenvalue weighted by molar-refractivity contribution is 7.15. The minimum absolute atomic E-state index is 0.0406. The number of aliphatic imine (C=N–C) groups is 1. The van der Waals surface area contributed by atoms with Crippen molar-refractivity contribution in [3.05, 3.63) is 35.4 Å². The third kappa shape index (κ3) is 7.32. The van der Waals surface area contributed by atoms with Gasteiger partial charge in [0.05, 0.1) is 17.2 Å². The number of allylic oxidation sites excluding steroid dienone is 1. The number of nitrogens with zero attached hydrogens (tertiary/aromatic N) is 3. The standard InChI is InChI=1S/C25H37FN6OS/c1-4-10-28-22-14-23(32-25-29-15-20(16-33)34-25)31-24(21(22)6-3)30-19-12-17(5-2)7-8-18(13-19)27-11-9-26/h4,10,14-15,17-19,27,33H,1,5-9,11-13,16H2,2-3H3,(H2,29,30,31,32). The average molecular weight is 489 g/mol. The Balaban J connectivity index is 1.91. The Morgan fingerprint density at radius 1 is 1.29 bits per heavy atom. The zero-order chi connectivity index (χ0) is 24.3. The van der Waals surface area contributed by atoms with E-state index in [0.29, 0.717) is 29.5 Å². The highest BCUT2D eigenvalue weighted by Crippen LogP contribution is 2.34. The number of hydrogen-bond acceptors (Lipinski definition) is 8. The van der Waals surface area contributed by atoms with Crippen LogP contribution in [-0.4, -0.2) is 46.6 Å². The smallest absolute Gasteiger partial charge is 0.188 e. The van der Waals surface area contributed by atoms with E-state index in [9.17, 15) is 9.50 Å². The second-order valence-corrected chi connectivity index (χ2v) is 9.76. The molecule has 2 aromatic heterocycles. The molecule has 7 nitrogen and oxygen atoms in total. The normalized spacial score (nSPS) is 20.9. The molecule has 1 saturated carbocycles. The summed E-state index contributed by atoms with van der Waals surface area (Å²) in [6.07, 6.45) is 11.1. The molecule has 0 radical (unpaired) electrons. The van der Waals surface area contributed by atoms with Gasteiger partial charge in [-0.3, -0.25) is 4.99 Å². The number of rotatable bonds is 12. The van der Waals surface area contributed by atoms with E-state index < -0.39 is 0 Å². The molecule has 9 heteroatoms. The molecule has 2 heterocycles. The third-order valence-electron chi connectivity index (χ3n) is 6.27. The fourth-order valence-corrected chi connectivity index (χ4v) is 5.21. The molecule has 34 heavy (non-hydrogen) atoms. The molecule has 0 aliphatic heterocycles. The first kappa shape index (κ1) is 26.2. The van der Waals surface area contributed by atoms with Crippen LogP contribution in [0.3, 0.4) is 0 Å². The van der Waals surface area contributed by atoms with Crippen LogP contribution in [0.15, 0.2) is 29.9 Å². The average Bonchev–Trinajstić information content (AvgIpc) is 3.20. The van der Waals surface area contributed by atoms with Gasteiger partial charge in [-0.1, -0.05) is 44.3 Å². The number of aromatic nitrogens is 2. The van der Waals surface area contributed by atoms with Crippen LogP contribution in [0.2, 0.25) is 0 Å². The van der Waals surface area contributed by atoms with Gasteiger partial charge in [-0.05, 0) is 38.0 Å². The first-order valence-electron chi connectivity index (χ1n) is 12.2. The van der Waals surface area contributed by atoms with Crippen molar-refractivity contribution in [1.29, 1.82) is 0 Å². The summed E-state index contributed by atoms with van der Waals surface area (Å²) in [5.41, 5.74) is 1.87. The highest BCUT2D eigenvalue weighted by Gasteiger charge is 2.26. The lowest BCUT2D eigenvalue weighted by Crippen LogP contribution is -2.35. The second kappa shape index (κ2) is 13.5. The van der Waals surface area contributed by atoms with Crippen molar-refractivity contribution in [2.75, 3.05) is 23.9 Å². The number of halogens is 1. The van der Waals surface area contributed by atoms with Crippen molar-refractivity contribution in [2.24, 2.45) is 10.9 Å². The zero-order valence-corrected chi connectivity index (χ0v) is 21.0. The van der Waals surface area contributed by atoms with Crippen LogP contribution in [-0.2, 0) is 13.0 Å². The first-order chi connectivity index (χ1) is 16.6. The number of aliphatic hydroxyl groups excluding tert-OH is 1. The van der Waals surface area contributed by atoms with Gasteiger partial charge in [0, 0.05) is 42.7 Å². The molecule has 0 amide bonds. The number of pyridine rings is 1. The number of hydrogen-bond donors (Lipinski definition) is 4. The van der Waals surface area contributed by atoms with Gasteiger partial charge in [0.25, 0.3) is 0 Å². The molecule has 1 fully saturated rings. The van der Waals surface area contributed by atoms with Crippen molar-refractivity contribution in [3.63, 3.8) is 0 Å². The van der Waals surface area contributed by atoms with Gasteiger partial charge in [0.2, 0.25) is 0 Å². The van der Waals surface area contributed by atoms with Crippen molar-refractivity contribution >= 4 is 40.0 Å². The lowest BCUT2D eigenvalue weighted by atomic mass is 9.95. The van der Waals surface area contributed by atoms with Crippen LogP contribution >= 0.6 is 11.3 Å². The molecule has 1 aliphatic carbocycles. The van der Waals surface area contributed by atoms with E-state index in [1.54, 1.807) is 18.5 Å². The van der Waals surface area contributed by atoms with E-state index >= 15 is 0 Å². The summed E-state index contributed by atoms with van der Waals surface area (Å²) in [4.78, 5) is 14.6. The summed E-state index contributed by atoms with van der Waals surface area (Å²) in [5, 5.41) is 20.4. The SMILES string of the molecule is C=CC=Nc1cc(Nc2ncc(CO)s2)nc(NC2CC(CC)CCC(NCCF)C2)c1CC. The number of aliphatic hydroxyl groups is 1. The molecular weight excluding hydrogens is 451 g/mol. The molecule has 3 unspecified atom stereocenters. The summed E-state index contributed by atoms with van der Waals surface area (Å²) < 4.78 is 12.8. The summed E-state index contributed by atoms with van der Waals surface area (Å²) >= 11 is 1.39. The first-order valence-corrected chi connectivity index (χ1v) is 13.0. The Hall–Kier alpha value is -2.36. The van der Waals surface area contributed by atoms with Crippen LogP contribution in [0, 0.1) is 5.92 Å². The topological polar surface area (TPSA) is 94.5 Å². The van der Waals surface area contributed by atoms with Crippen molar-refractivity contribution in [1.82, 2.24) is 15.3 Å². The molecule has 0 saturated heterocycles. The van der Waals surface area contributed by atoms with Crippen LogP contribution in [0.25, 0.3) is 0 Å². The Bertz CT molecular complexity index is 949. The van der Waals surface area contributed by atoms with Crippen molar-refractivity contribution in [3.8, 4) is 0 Å². The van der Waals surface area contributed by atoms with E-state index in [1.165, 1.54) is 11.3 Å². The maximum absolute atomic E-state index is 12.8. The summed E-state index contributed by atoms with van der Waals surface area (Å²) in [6, 6.07) is 2.44. The summed E-state index contributed by atoms with van der Waals surface area (Å²) in [5.74, 6) is 2.09. The Morgan fingerprint density at radius 3 is 2.82 bits per heavy atom. The Labute approximate surface area is 206 Å². The van der Waals surface area contributed by atoms with E-state index in [-0.39, 0.29) is 19.3 Å². The lowest BCUT2D eigenvalue weighted by Gasteiger charge is -2.25. The molecule has 0 spiro atoms. The van der Waals surface area contributed by atoms with Gasteiger partial charge >= 0.3 is 0 Å². The minimum atomic E-state index is -0.347. The summed E-state index contributed by atoms with van der Waals surface area (Å²) in [6.45, 7) is 8.11. The predicted octanol–water partition coefficient (Wildman–Crippen LogP) is 5.53. The van der Waals surface area contributed by atoms with Crippen LogP contribution < -0.4 is 16.0 Å². The maximum atomic E-state index is 12.8. The molecule has 186 valence electrons. The monoisotopic (exact) mass is 488 g/mol. The van der Waals surface area contributed by atoms with Crippen LogP contribution in [0.4, 0.5) is 26.8 Å². The third-order valence-corrected chi connectivity index (χ3v) is 7.17. The van der Waals surface area contributed by atoms with Crippen molar-refractivity contribution < 1.29 is 9.50 Å². The predicted molar refractivity (Wildman–Crippen MR) is 141 cm³/mol. The highest BCUT2D eigenvalue weighted by atomic mass is 32.1. The fraction of sp³-hybridized carbons (Fsp3) is 0.560. The molecule has 4 N–H and O–H groups in total. The van der Waals surface area contributed by atoms with Gasteiger partial charge < -0.3 is 21.1 Å². The fourth-order valence-electron chi connectivity index (χ4n) is 4.53. The summed E-state index contributed by atoms with van der Waals surface area (Å²) in [7, 11) is 0. The van der Waals surface area contributed by atoms with Crippen LogP contribution in [0.1, 0.15) is 56.4 Å². The molecule has 0 bridgehead atoms. The van der Waals surface area contributed by atoms with Crippen molar-refractivity contribution in [2.45, 2.75) is 71.1 Å². The van der Waals surface area contributed by atoms with Gasteiger partial charge in [-0.2, -0.15) is 0 Å². The second-order valence-electron chi connectivity index (χ2n) is 8.64. The number of alkyl halides is 1. The van der Waals surface area contributed by atoms with Crippen LogP contribution in [0.5, 0.6) is 0 Å². The van der Waals surface area contributed by atoms with E-state index in [2.05, 4.69) is 46.4 Å². The van der Waals surface area contributed by atoms with E-state index in [1.807, 2.05) is 6.07 Å². The van der Waals surface area contributed by atoms with Gasteiger partial charge in [0.1, 0.15) is 18.3 Å². The van der Waals surface area contributed by atoms with Gasteiger partial charge in [0.15, 0.2) is 5.13 Å². The van der Waals surface area contributed by atoms with E-state index in [0.717, 1.165) is 60.5 Å². The van der Waals surface area contributed by atoms with E-state index in [4.69, 9.17) is 4.98 Å². The molecule has 0 aromatic carbocycles.